The molecule has 8 nitrogen and oxygen atoms in total. The quantitative estimate of drug-likeness (QED) is 0.399. The number of imide groups is 1. The molecule has 2 heterocycles. The molecule has 2 aromatic carbocycles. The number of nitrogens with zero attached hydrogens (tertiary/aromatic N) is 3. The first kappa shape index (κ1) is 16.6. The van der Waals surface area contributed by atoms with E-state index in [0.29, 0.717) is 28.5 Å². The molecule has 4 rings (SSSR count). The molecule has 2 amide bonds. The lowest BCUT2D eigenvalue weighted by Crippen LogP contribution is -2.28. The second kappa shape index (κ2) is 6.83. The summed E-state index contributed by atoms with van der Waals surface area (Å²) in [6.45, 7) is 0. The van der Waals surface area contributed by atoms with E-state index in [9.17, 15) is 14.4 Å². The van der Waals surface area contributed by atoms with Gasteiger partial charge in [-0.05, 0) is 48.5 Å². The first-order valence-electron chi connectivity index (χ1n) is 8.16. The van der Waals surface area contributed by atoms with Crippen LogP contribution in [0, 0.1) is 0 Å². The van der Waals surface area contributed by atoms with Crippen LogP contribution in [0.25, 0.3) is 11.5 Å². The first-order chi connectivity index (χ1) is 13.1. The third kappa shape index (κ3) is 3.32. The molecule has 0 radical (unpaired) electrons. The topological polar surface area (TPSA) is 103 Å². The number of hydrogen-bond donors (Lipinski definition) is 0. The highest BCUT2D eigenvalue weighted by atomic mass is 16.5. The van der Waals surface area contributed by atoms with Crippen LogP contribution in [-0.2, 0) is 9.59 Å². The highest BCUT2D eigenvalue weighted by Gasteiger charge is 2.30. The van der Waals surface area contributed by atoms with Crippen molar-refractivity contribution in [2.45, 2.75) is 12.8 Å². The van der Waals surface area contributed by atoms with E-state index in [0.717, 1.165) is 4.90 Å². The Morgan fingerprint density at radius 1 is 0.963 bits per heavy atom. The number of aromatic nitrogens is 2. The van der Waals surface area contributed by atoms with Gasteiger partial charge in [0, 0.05) is 18.4 Å². The number of amides is 2. The summed E-state index contributed by atoms with van der Waals surface area (Å²) in [6, 6.07) is 12.8. The maximum atomic E-state index is 12.3. The van der Waals surface area contributed by atoms with Crippen molar-refractivity contribution in [2.24, 2.45) is 0 Å². The van der Waals surface area contributed by atoms with E-state index in [-0.39, 0.29) is 24.7 Å². The second-order valence-electron chi connectivity index (χ2n) is 5.83. The highest BCUT2D eigenvalue weighted by molar-refractivity contribution is 6.19. The van der Waals surface area contributed by atoms with Crippen molar-refractivity contribution in [2.75, 3.05) is 4.90 Å². The molecule has 1 aliphatic rings. The lowest BCUT2D eigenvalue weighted by molar-refractivity contribution is -0.121. The van der Waals surface area contributed by atoms with Gasteiger partial charge >= 0.3 is 5.97 Å². The van der Waals surface area contributed by atoms with Gasteiger partial charge in [0.25, 0.3) is 0 Å². The summed E-state index contributed by atoms with van der Waals surface area (Å²) in [7, 11) is 0. The fourth-order valence-electron chi connectivity index (χ4n) is 2.74. The molecule has 0 atom stereocenters. The lowest BCUT2D eigenvalue weighted by atomic mass is 10.2. The smallest absolute Gasteiger partial charge is 0.343 e. The Kier molecular flexibility index (Phi) is 4.21. The maximum Gasteiger partial charge on any atom is 0.343 e. The summed E-state index contributed by atoms with van der Waals surface area (Å²) < 4.78 is 10.4. The zero-order valence-electron chi connectivity index (χ0n) is 14.0. The number of ether oxygens (including phenoxy) is 1. The molecule has 0 saturated carbocycles. The first-order valence-corrected chi connectivity index (χ1v) is 8.16. The van der Waals surface area contributed by atoms with Crippen molar-refractivity contribution in [1.82, 2.24) is 10.2 Å². The van der Waals surface area contributed by atoms with Crippen molar-refractivity contribution in [1.29, 1.82) is 0 Å². The fraction of sp³-hybridized carbons (Fsp3) is 0.105. The van der Waals surface area contributed by atoms with E-state index in [1.165, 1.54) is 18.5 Å². The Morgan fingerprint density at radius 3 is 2.22 bits per heavy atom. The molecule has 0 bridgehead atoms. The molecule has 0 spiro atoms. The van der Waals surface area contributed by atoms with Crippen LogP contribution >= 0.6 is 0 Å². The van der Waals surface area contributed by atoms with Crippen LogP contribution in [0.2, 0.25) is 0 Å². The van der Waals surface area contributed by atoms with Crippen LogP contribution in [0.15, 0.2) is 59.3 Å². The van der Waals surface area contributed by atoms with E-state index in [2.05, 4.69) is 10.2 Å². The number of hydrogen-bond acceptors (Lipinski definition) is 7. The van der Waals surface area contributed by atoms with Crippen LogP contribution in [-0.4, -0.2) is 28.0 Å². The van der Waals surface area contributed by atoms with Crippen molar-refractivity contribution >= 4 is 23.5 Å². The predicted octanol–water partition coefficient (Wildman–Crippen LogP) is 2.61. The van der Waals surface area contributed by atoms with Crippen molar-refractivity contribution in [3.05, 3.63) is 60.5 Å². The average Bonchev–Trinajstić information content (AvgIpc) is 3.33. The maximum absolute atomic E-state index is 12.3. The van der Waals surface area contributed by atoms with Crippen LogP contribution in [0.1, 0.15) is 23.2 Å². The van der Waals surface area contributed by atoms with Gasteiger partial charge in [-0.1, -0.05) is 0 Å². The minimum absolute atomic E-state index is 0.211. The number of esters is 1. The van der Waals surface area contributed by atoms with Gasteiger partial charge in [0.1, 0.15) is 5.75 Å². The summed E-state index contributed by atoms with van der Waals surface area (Å²) in [5.41, 5.74) is 1.46. The summed E-state index contributed by atoms with van der Waals surface area (Å²) >= 11 is 0. The van der Waals surface area contributed by atoms with E-state index >= 15 is 0 Å². The van der Waals surface area contributed by atoms with Gasteiger partial charge in [-0.15, -0.1) is 10.2 Å². The van der Waals surface area contributed by atoms with Crippen LogP contribution in [0.4, 0.5) is 5.69 Å². The van der Waals surface area contributed by atoms with Gasteiger partial charge in [0.2, 0.25) is 24.1 Å². The van der Waals surface area contributed by atoms with Crippen molar-refractivity contribution < 1.29 is 23.5 Å². The summed E-state index contributed by atoms with van der Waals surface area (Å²) in [4.78, 5) is 36.9. The molecule has 3 aromatic rings. The van der Waals surface area contributed by atoms with Gasteiger partial charge < -0.3 is 9.15 Å². The second-order valence-corrected chi connectivity index (χ2v) is 5.83. The number of anilines is 1. The zero-order chi connectivity index (χ0) is 18.8. The average molecular weight is 363 g/mol. The molecule has 1 saturated heterocycles. The molecule has 0 unspecified atom stereocenters. The van der Waals surface area contributed by atoms with Crippen LogP contribution in [0.3, 0.4) is 0 Å². The SMILES string of the molecule is O=C(Oc1ccc(-c2nnco2)cc1)c1ccc(N2C(=O)CCC2=O)cc1. The highest BCUT2D eigenvalue weighted by Crippen LogP contribution is 2.24. The summed E-state index contributed by atoms with van der Waals surface area (Å²) in [5, 5.41) is 7.41. The molecular weight excluding hydrogens is 350 g/mol. The lowest BCUT2D eigenvalue weighted by Gasteiger charge is -2.14. The van der Waals surface area contributed by atoms with E-state index in [4.69, 9.17) is 9.15 Å². The molecule has 1 fully saturated rings. The van der Waals surface area contributed by atoms with E-state index in [1.54, 1.807) is 36.4 Å². The Hall–Kier alpha value is -3.81. The van der Waals surface area contributed by atoms with Crippen LogP contribution < -0.4 is 9.64 Å². The van der Waals surface area contributed by atoms with Crippen molar-refractivity contribution in [3.8, 4) is 17.2 Å². The molecule has 0 N–H and O–H groups in total. The van der Waals surface area contributed by atoms with Gasteiger partial charge in [0.15, 0.2) is 0 Å². The standard InChI is InChI=1S/C19H13N3O5/c23-16-9-10-17(24)22(16)14-5-1-13(2-6-14)19(25)27-15-7-3-12(4-8-15)18-21-20-11-26-18/h1-8,11H,9-10H2. The number of benzene rings is 2. The molecule has 27 heavy (non-hydrogen) atoms. The molecule has 1 aliphatic heterocycles. The van der Waals surface area contributed by atoms with Gasteiger partial charge in [-0.25, -0.2) is 4.79 Å². The minimum atomic E-state index is -0.550. The largest absolute Gasteiger partial charge is 0.423 e. The van der Waals surface area contributed by atoms with Gasteiger partial charge in [-0.3, -0.25) is 14.5 Å². The minimum Gasteiger partial charge on any atom is -0.423 e. The zero-order valence-corrected chi connectivity index (χ0v) is 14.0. The van der Waals surface area contributed by atoms with Gasteiger partial charge in [0.05, 0.1) is 11.3 Å². The Bertz CT molecular complexity index is 979. The Balaban J connectivity index is 1.45. The van der Waals surface area contributed by atoms with E-state index < -0.39 is 5.97 Å². The number of carbonyl (C=O) groups is 3. The van der Waals surface area contributed by atoms with Crippen molar-refractivity contribution in [3.63, 3.8) is 0 Å². The molecular formula is C19H13N3O5. The summed E-state index contributed by atoms with van der Waals surface area (Å²) in [6.07, 6.45) is 1.65. The molecule has 0 aliphatic carbocycles. The normalized spacial score (nSPS) is 13.9. The molecule has 8 heteroatoms. The third-order valence-corrected chi connectivity index (χ3v) is 4.08. The third-order valence-electron chi connectivity index (χ3n) is 4.08. The van der Waals surface area contributed by atoms with Gasteiger partial charge in [-0.2, -0.15) is 0 Å². The molecule has 134 valence electrons. The summed E-state index contributed by atoms with van der Waals surface area (Å²) in [5.74, 6) is -0.300. The number of carbonyl (C=O) groups excluding carboxylic acids is 3. The Morgan fingerprint density at radius 2 is 1.63 bits per heavy atom. The predicted molar refractivity (Wildman–Crippen MR) is 92.9 cm³/mol. The van der Waals surface area contributed by atoms with Crippen LogP contribution in [0.5, 0.6) is 5.75 Å². The monoisotopic (exact) mass is 363 g/mol. The Labute approximate surface area is 153 Å². The fourth-order valence-corrected chi connectivity index (χ4v) is 2.74. The molecule has 1 aromatic heterocycles. The number of rotatable bonds is 4. The van der Waals surface area contributed by atoms with E-state index in [1.807, 2.05) is 0 Å².